The second-order valence-corrected chi connectivity index (χ2v) is 12.7. The van der Waals surface area contributed by atoms with Crippen molar-refractivity contribution in [2.24, 2.45) is 6.98 Å². The lowest BCUT2D eigenvalue weighted by molar-refractivity contribution is -0.137. The number of hydrogen-bond acceptors (Lipinski definition) is 9. The monoisotopic (exact) mass is 751 g/mol. The number of rotatable bonds is 7. The summed E-state index contributed by atoms with van der Waals surface area (Å²) in [5, 5.41) is 17.7. The zero-order chi connectivity index (χ0) is 40.3. The third-order valence-electron chi connectivity index (χ3n) is 9.07. The molecule has 274 valence electrons. The highest BCUT2D eigenvalue weighted by atomic mass is 35.5. The maximum absolute atomic E-state index is 14.4. The Bertz CT molecular complexity index is 2600. The Morgan fingerprint density at radius 2 is 1.85 bits per heavy atom. The molecule has 0 bridgehead atoms. The van der Waals surface area contributed by atoms with Crippen molar-refractivity contribution >= 4 is 51.5 Å². The minimum absolute atomic E-state index is 0.0113. The molecule has 14 nitrogen and oxygen atoms in total. The molecule has 0 radical (unpaired) electrons. The number of carbonyl (C=O) groups excluding carboxylic acids is 2. The number of nitrogens with zero attached hydrogens (tertiary/aromatic N) is 9. The molecule has 7 rings (SSSR count). The third kappa shape index (κ3) is 6.52. The summed E-state index contributed by atoms with van der Waals surface area (Å²) in [6.07, 6.45) is -1.80. The van der Waals surface area contributed by atoms with Crippen LogP contribution in [0.4, 0.5) is 24.5 Å². The summed E-state index contributed by atoms with van der Waals surface area (Å²) in [5.74, 6) is -1.44. The fourth-order valence-electron chi connectivity index (χ4n) is 6.37. The van der Waals surface area contributed by atoms with Gasteiger partial charge in [-0.3, -0.25) is 14.4 Å². The molecule has 5 heterocycles. The van der Waals surface area contributed by atoms with E-state index in [1.54, 1.807) is 43.0 Å². The highest BCUT2D eigenvalue weighted by Gasteiger charge is 2.32. The molecule has 0 saturated carbocycles. The number of piperazine rings is 1. The van der Waals surface area contributed by atoms with Crippen molar-refractivity contribution in [2.75, 3.05) is 36.4 Å². The van der Waals surface area contributed by atoms with Crippen LogP contribution in [0.2, 0.25) is 5.02 Å². The van der Waals surface area contributed by atoms with Gasteiger partial charge in [0.15, 0.2) is 17.3 Å². The molecule has 1 fully saturated rings. The number of alkyl halides is 3. The molecule has 2 N–H and O–H groups in total. The maximum atomic E-state index is 14.4. The number of halogens is 4. The minimum Gasteiger partial charge on any atom is -0.504 e. The van der Waals surface area contributed by atoms with Gasteiger partial charge in [-0.25, -0.2) is 9.97 Å². The molecule has 2 amide bonds. The second-order valence-electron chi connectivity index (χ2n) is 12.3. The zero-order valence-electron chi connectivity index (χ0n) is 31.1. The molecular weight excluding hydrogens is 717 g/mol. The number of fused-ring (bicyclic) bond motifs is 2. The number of aromatic nitrogens is 7. The van der Waals surface area contributed by atoms with Crippen LogP contribution in [-0.2, 0) is 30.9 Å². The predicted octanol–water partition coefficient (Wildman–Crippen LogP) is 4.69. The van der Waals surface area contributed by atoms with E-state index >= 15 is 0 Å². The summed E-state index contributed by atoms with van der Waals surface area (Å²) < 4.78 is 67.0. The van der Waals surface area contributed by atoms with Crippen molar-refractivity contribution in [3.05, 3.63) is 93.0 Å². The summed E-state index contributed by atoms with van der Waals surface area (Å²) in [4.78, 5) is 57.1. The third-order valence-corrected chi connectivity index (χ3v) is 9.38. The van der Waals surface area contributed by atoms with Gasteiger partial charge in [0.2, 0.25) is 11.7 Å². The van der Waals surface area contributed by atoms with E-state index in [-0.39, 0.29) is 77.7 Å². The summed E-state index contributed by atoms with van der Waals surface area (Å²) >= 11 is 6.13. The van der Waals surface area contributed by atoms with Gasteiger partial charge in [0.1, 0.15) is 18.6 Å². The van der Waals surface area contributed by atoms with Gasteiger partial charge >= 0.3 is 6.18 Å². The molecule has 18 heteroatoms. The average molecular weight is 752 g/mol. The van der Waals surface area contributed by atoms with Gasteiger partial charge in [-0.05, 0) is 55.8 Å². The van der Waals surface area contributed by atoms with Crippen LogP contribution in [0.1, 0.15) is 38.5 Å². The molecule has 2 aromatic carbocycles. The van der Waals surface area contributed by atoms with Gasteiger partial charge in [0.05, 0.1) is 27.7 Å². The van der Waals surface area contributed by atoms with Crippen LogP contribution in [0.15, 0.2) is 59.8 Å². The molecule has 0 atom stereocenters. The minimum atomic E-state index is -4.65. The molecule has 1 aliphatic heterocycles. The first-order valence-corrected chi connectivity index (χ1v) is 16.7. The summed E-state index contributed by atoms with van der Waals surface area (Å²) in [5.41, 5.74) is -0.0444. The number of anilines is 2. The Labute approximate surface area is 308 Å². The Morgan fingerprint density at radius 3 is 2.55 bits per heavy atom. The van der Waals surface area contributed by atoms with Gasteiger partial charge in [-0.1, -0.05) is 18.5 Å². The Hall–Kier alpha value is -5.97. The highest BCUT2D eigenvalue weighted by Crippen LogP contribution is 2.34. The smallest absolute Gasteiger partial charge is 0.416 e. The first-order valence-electron chi connectivity index (χ1n) is 17.8. The van der Waals surface area contributed by atoms with Crippen molar-refractivity contribution < 1.29 is 32.0 Å². The maximum Gasteiger partial charge on any atom is 0.416 e. The second kappa shape index (κ2) is 13.5. The molecule has 53 heavy (non-hydrogen) atoms. The highest BCUT2D eigenvalue weighted by molar-refractivity contribution is 6.33. The molecule has 4 aromatic heterocycles. The summed E-state index contributed by atoms with van der Waals surface area (Å²) in [6.45, 7) is 1.09. The zero-order valence-corrected chi connectivity index (χ0v) is 28.9. The number of carbonyl (C=O) groups is 2. The average Bonchev–Trinajstić information content (AvgIpc) is 3.80. The Morgan fingerprint density at radius 1 is 1.08 bits per heavy atom. The fraction of sp³-hybridized carbons (Fsp3) is 0.286. The molecule has 6 aromatic rings. The van der Waals surface area contributed by atoms with E-state index in [4.69, 9.17) is 15.7 Å². The van der Waals surface area contributed by atoms with Gasteiger partial charge in [0.25, 0.3) is 11.5 Å². The fourth-order valence-corrected chi connectivity index (χ4v) is 6.59. The van der Waals surface area contributed by atoms with Crippen molar-refractivity contribution in [2.45, 2.75) is 33.0 Å². The summed E-state index contributed by atoms with van der Waals surface area (Å²) in [6, 6.07) is 9.06. The predicted molar refractivity (Wildman–Crippen MR) is 190 cm³/mol. The van der Waals surface area contributed by atoms with Crippen LogP contribution in [0, 0.1) is 6.92 Å². The van der Waals surface area contributed by atoms with Crippen LogP contribution in [0.5, 0.6) is 5.75 Å². The molecular formula is C35H32ClF3N10O4. The van der Waals surface area contributed by atoms with Crippen LogP contribution < -0.4 is 15.8 Å². The lowest BCUT2D eigenvalue weighted by Crippen LogP contribution is -2.51. The van der Waals surface area contributed by atoms with Crippen LogP contribution in [-0.4, -0.2) is 81.7 Å². The van der Waals surface area contributed by atoms with Gasteiger partial charge in [0, 0.05) is 59.9 Å². The van der Waals surface area contributed by atoms with E-state index in [0.29, 0.717) is 28.2 Å². The number of aromatic hydroxyl groups is 1. The van der Waals surface area contributed by atoms with Crippen LogP contribution >= 0.6 is 11.6 Å². The van der Waals surface area contributed by atoms with E-state index in [1.165, 1.54) is 22.0 Å². The largest absolute Gasteiger partial charge is 0.504 e. The number of nitrogens with one attached hydrogen (secondary N) is 1. The Balaban J connectivity index is 1.28. The van der Waals surface area contributed by atoms with E-state index in [1.807, 2.05) is 0 Å². The molecule has 1 aliphatic rings. The van der Waals surface area contributed by atoms with Gasteiger partial charge in [-0.2, -0.15) is 22.7 Å². The SMILES string of the molecule is [2H]C([2H])([2H])n1ccc2cc(-c3nc4n(CC(=O)Nc5ccc(C(F)(F)F)cc5Cl)c(CC)c(N5CCN(C(=O)c6ncnc(C)c6O)CC5)c(=O)n4n3)ccc21. The van der Waals surface area contributed by atoms with Gasteiger partial charge < -0.3 is 29.4 Å². The first-order chi connectivity index (χ1) is 26.5. The lowest BCUT2D eigenvalue weighted by atomic mass is 10.1. The number of aryl methyl sites for hydroxylation is 2. The van der Waals surface area contributed by atoms with Crippen LogP contribution in [0.25, 0.3) is 28.1 Å². The number of benzene rings is 2. The van der Waals surface area contributed by atoms with Crippen molar-refractivity contribution in [3.8, 4) is 17.1 Å². The summed E-state index contributed by atoms with van der Waals surface area (Å²) in [7, 11) is 0. The van der Waals surface area contributed by atoms with E-state index in [9.17, 15) is 32.7 Å². The van der Waals surface area contributed by atoms with Crippen LogP contribution in [0.3, 0.4) is 0 Å². The topological polar surface area (TPSA) is 156 Å². The Kier molecular flexibility index (Phi) is 8.11. The van der Waals surface area contributed by atoms with Crippen molar-refractivity contribution in [1.82, 2.24) is 38.6 Å². The molecule has 0 unspecified atom stereocenters. The van der Waals surface area contributed by atoms with E-state index in [2.05, 4.69) is 25.4 Å². The van der Waals surface area contributed by atoms with E-state index in [0.717, 1.165) is 21.2 Å². The normalized spacial score (nSPS) is 14.7. The molecule has 0 aliphatic carbocycles. The van der Waals surface area contributed by atoms with E-state index < -0.39 is 42.6 Å². The van der Waals surface area contributed by atoms with Crippen molar-refractivity contribution in [3.63, 3.8) is 0 Å². The first kappa shape index (κ1) is 31.7. The van der Waals surface area contributed by atoms with Gasteiger partial charge in [-0.15, -0.1) is 5.10 Å². The molecule has 0 spiro atoms. The quantitative estimate of drug-likeness (QED) is 0.236. The molecule has 1 saturated heterocycles. The number of hydrogen-bond donors (Lipinski definition) is 2. The number of amides is 2. The van der Waals surface area contributed by atoms with Crippen molar-refractivity contribution in [1.29, 1.82) is 0 Å². The standard InChI is InChI=1S/C35H32ClF3N10O4/c1-4-25-29(46-11-13-47(14-12-46)32(52)28-30(51)19(2)40-18-41-28)33(53)49-34(43-31(44-49)21-5-8-26-20(15-21)9-10-45(26)3)48(25)17-27(50)42-24-7-6-22(16-23(24)36)35(37,38)39/h5-10,15-16,18,51H,4,11-14,17H2,1-3H3,(H,42,50)/i3D3. The lowest BCUT2D eigenvalue weighted by Gasteiger charge is -2.36.